The second-order valence-corrected chi connectivity index (χ2v) is 6.88. The molecule has 0 aliphatic carbocycles. The molecule has 0 aromatic carbocycles. The van der Waals surface area contributed by atoms with E-state index in [2.05, 4.69) is 5.32 Å². The minimum absolute atomic E-state index is 0.459. The summed E-state index contributed by atoms with van der Waals surface area (Å²) >= 11 is 5.47. The lowest BCUT2D eigenvalue weighted by molar-refractivity contribution is -0.122. The van der Waals surface area contributed by atoms with Gasteiger partial charge in [-0.2, -0.15) is 0 Å². The lowest BCUT2D eigenvalue weighted by Crippen LogP contribution is -2.47. The molecule has 1 N–H and O–H groups in total. The average molecular weight is 256 g/mol. The van der Waals surface area contributed by atoms with E-state index in [-0.39, 0.29) is 0 Å². The smallest absolute Gasteiger partial charge is 0.240 e. The van der Waals surface area contributed by atoms with Crippen molar-refractivity contribution in [2.75, 3.05) is 18.7 Å². The van der Waals surface area contributed by atoms with Crippen molar-refractivity contribution in [2.24, 2.45) is 0 Å². The first-order valence-corrected chi connectivity index (χ1v) is 7.20. The molecule has 0 aliphatic rings. The molecule has 15 heavy (non-hydrogen) atoms. The van der Waals surface area contributed by atoms with Gasteiger partial charge < -0.3 is 5.32 Å². The third-order valence-electron chi connectivity index (χ3n) is 2.32. The van der Waals surface area contributed by atoms with Gasteiger partial charge >= 0.3 is 0 Å². The van der Waals surface area contributed by atoms with Crippen molar-refractivity contribution in [3.63, 3.8) is 0 Å². The van der Waals surface area contributed by atoms with Crippen molar-refractivity contribution >= 4 is 27.3 Å². The summed E-state index contributed by atoms with van der Waals surface area (Å²) in [6.07, 6.45) is 2.63. The third kappa shape index (κ3) is 4.38. The highest BCUT2D eigenvalue weighted by atomic mass is 35.5. The minimum atomic E-state index is -3.38. The van der Waals surface area contributed by atoms with E-state index in [0.29, 0.717) is 12.4 Å². The predicted molar refractivity (Wildman–Crippen MR) is 61.9 cm³/mol. The summed E-state index contributed by atoms with van der Waals surface area (Å²) in [7, 11) is -3.38. The summed E-state index contributed by atoms with van der Waals surface area (Å²) in [5.74, 6) is 0.0882. The number of amides is 1. The van der Waals surface area contributed by atoms with Crippen LogP contribution in [-0.2, 0) is 14.6 Å². The zero-order valence-corrected chi connectivity index (χ0v) is 10.9. The number of halogens is 1. The Kier molecular flexibility index (Phi) is 5.59. The molecule has 6 heteroatoms. The fourth-order valence-electron chi connectivity index (χ4n) is 0.803. The number of carbonyl (C=O) groups is 1. The van der Waals surface area contributed by atoms with Crippen molar-refractivity contribution in [1.82, 2.24) is 5.32 Å². The Bertz CT molecular complexity index is 311. The van der Waals surface area contributed by atoms with Gasteiger partial charge in [-0.1, -0.05) is 0 Å². The molecule has 0 atom stereocenters. The standard InChI is InChI=1S/C9H18ClNO3S/c1-9(2,15(3,13)14)8(12)11-7-5-4-6-10/h4-7H2,1-3H3,(H,11,12). The fourth-order valence-corrected chi connectivity index (χ4v) is 1.40. The Hall–Kier alpha value is -0.290. The summed E-state index contributed by atoms with van der Waals surface area (Å²) in [5.41, 5.74) is 0. The van der Waals surface area contributed by atoms with Crippen LogP contribution in [0.2, 0.25) is 0 Å². The number of hydrogen-bond donors (Lipinski definition) is 1. The molecule has 0 aromatic rings. The highest BCUT2D eigenvalue weighted by Gasteiger charge is 2.37. The molecule has 0 aromatic heterocycles. The normalized spacial score (nSPS) is 12.5. The molecule has 90 valence electrons. The lowest BCUT2D eigenvalue weighted by atomic mass is 10.2. The van der Waals surface area contributed by atoms with Gasteiger partial charge in [0.05, 0.1) is 0 Å². The van der Waals surface area contributed by atoms with Gasteiger partial charge in [-0.3, -0.25) is 4.79 Å². The van der Waals surface area contributed by atoms with Crippen LogP contribution < -0.4 is 5.32 Å². The molecule has 0 aliphatic heterocycles. The van der Waals surface area contributed by atoms with Crippen LogP contribution in [0.15, 0.2) is 0 Å². The molecule has 0 heterocycles. The van der Waals surface area contributed by atoms with Crippen LogP contribution in [0.3, 0.4) is 0 Å². The molecule has 0 bridgehead atoms. The van der Waals surface area contributed by atoms with E-state index >= 15 is 0 Å². The third-order valence-corrected chi connectivity index (χ3v) is 4.63. The first-order chi connectivity index (χ1) is 6.73. The van der Waals surface area contributed by atoms with E-state index in [1.807, 2.05) is 0 Å². The molecule has 4 nitrogen and oxygen atoms in total. The van der Waals surface area contributed by atoms with Crippen LogP contribution in [0.25, 0.3) is 0 Å². The Labute approximate surface area is 96.3 Å². The van der Waals surface area contributed by atoms with Crippen LogP contribution in [-0.4, -0.2) is 37.8 Å². The highest BCUT2D eigenvalue weighted by Crippen LogP contribution is 2.14. The van der Waals surface area contributed by atoms with Crippen LogP contribution in [0.4, 0.5) is 0 Å². The lowest BCUT2D eigenvalue weighted by Gasteiger charge is -2.21. The van der Waals surface area contributed by atoms with Gasteiger partial charge in [0.25, 0.3) is 0 Å². The second-order valence-electron chi connectivity index (χ2n) is 3.93. The topological polar surface area (TPSA) is 63.2 Å². The molecule has 0 saturated heterocycles. The van der Waals surface area contributed by atoms with Gasteiger partial charge in [0.2, 0.25) is 5.91 Å². The average Bonchev–Trinajstić information content (AvgIpc) is 2.10. The second kappa shape index (κ2) is 5.70. The minimum Gasteiger partial charge on any atom is -0.355 e. The summed E-state index contributed by atoms with van der Waals surface area (Å²) in [5, 5.41) is 2.59. The van der Waals surface area contributed by atoms with E-state index in [4.69, 9.17) is 11.6 Å². The molecular formula is C9H18ClNO3S. The predicted octanol–water partition coefficient (Wildman–Crippen LogP) is 0.945. The zero-order valence-electron chi connectivity index (χ0n) is 9.34. The number of hydrogen-bond acceptors (Lipinski definition) is 3. The maximum absolute atomic E-state index is 11.6. The van der Waals surface area contributed by atoms with Crippen LogP contribution in [0, 0.1) is 0 Å². The summed E-state index contributed by atoms with van der Waals surface area (Å²) < 4.78 is 21.2. The number of rotatable bonds is 6. The van der Waals surface area contributed by atoms with Gasteiger partial charge in [0.15, 0.2) is 9.84 Å². The molecule has 0 radical (unpaired) electrons. The monoisotopic (exact) mass is 255 g/mol. The number of sulfone groups is 1. The molecule has 0 fully saturated rings. The zero-order chi connectivity index (χ0) is 12.1. The van der Waals surface area contributed by atoms with E-state index in [9.17, 15) is 13.2 Å². The molecule has 1 amide bonds. The summed E-state index contributed by atoms with van der Waals surface area (Å²) in [6.45, 7) is 3.27. The Balaban J connectivity index is 4.22. The van der Waals surface area contributed by atoms with Gasteiger partial charge in [-0.15, -0.1) is 11.6 Å². The van der Waals surface area contributed by atoms with Gasteiger partial charge in [-0.25, -0.2) is 8.42 Å². The number of alkyl halides is 1. The quantitative estimate of drug-likeness (QED) is 0.568. The molecular weight excluding hydrogens is 238 g/mol. The van der Waals surface area contributed by atoms with Crippen LogP contribution in [0.5, 0.6) is 0 Å². The van der Waals surface area contributed by atoms with Crippen molar-refractivity contribution in [2.45, 2.75) is 31.4 Å². The number of carbonyl (C=O) groups excluding carboxylic acids is 1. The van der Waals surface area contributed by atoms with Gasteiger partial charge in [-0.05, 0) is 26.7 Å². The van der Waals surface area contributed by atoms with Crippen LogP contribution >= 0.6 is 11.6 Å². The summed E-state index contributed by atoms with van der Waals surface area (Å²) in [6, 6.07) is 0. The SMILES string of the molecule is CC(C)(C(=O)NCCCCCl)S(C)(=O)=O. The maximum atomic E-state index is 11.6. The first kappa shape index (κ1) is 14.7. The Morgan fingerprint density at radius 1 is 1.33 bits per heavy atom. The van der Waals surface area contributed by atoms with Crippen molar-refractivity contribution in [3.8, 4) is 0 Å². The van der Waals surface area contributed by atoms with Crippen molar-refractivity contribution in [3.05, 3.63) is 0 Å². The molecule has 0 unspecified atom stereocenters. The van der Waals surface area contributed by atoms with E-state index in [0.717, 1.165) is 19.1 Å². The largest absolute Gasteiger partial charge is 0.355 e. The Morgan fingerprint density at radius 3 is 2.27 bits per heavy atom. The van der Waals surface area contributed by atoms with Crippen molar-refractivity contribution < 1.29 is 13.2 Å². The molecule has 0 spiro atoms. The molecule has 0 saturated carbocycles. The first-order valence-electron chi connectivity index (χ1n) is 4.77. The van der Waals surface area contributed by atoms with Crippen molar-refractivity contribution in [1.29, 1.82) is 0 Å². The van der Waals surface area contributed by atoms with E-state index in [1.54, 1.807) is 0 Å². The number of unbranched alkanes of at least 4 members (excludes halogenated alkanes) is 1. The van der Waals surface area contributed by atoms with Gasteiger partial charge in [0.1, 0.15) is 4.75 Å². The molecule has 0 rings (SSSR count). The van der Waals surface area contributed by atoms with Crippen LogP contribution in [0.1, 0.15) is 26.7 Å². The van der Waals surface area contributed by atoms with Gasteiger partial charge in [0, 0.05) is 18.7 Å². The maximum Gasteiger partial charge on any atom is 0.240 e. The highest BCUT2D eigenvalue weighted by molar-refractivity contribution is 7.92. The fraction of sp³-hybridized carbons (Fsp3) is 0.889. The van der Waals surface area contributed by atoms with E-state index in [1.165, 1.54) is 13.8 Å². The Morgan fingerprint density at radius 2 is 1.87 bits per heavy atom. The summed E-state index contributed by atoms with van der Waals surface area (Å²) in [4.78, 5) is 11.6. The van der Waals surface area contributed by atoms with E-state index < -0.39 is 20.5 Å². The number of nitrogens with one attached hydrogen (secondary N) is 1.